The molecular formula is C13H10F2N2O2. The van der Waals surface area contributed by atoms with E-state index >= 15 is 0 Å². The quantitative estimate of drug-likeness (QED) is 0.684. The van der Waals surface area contributed by atoms with Crippen molar-refractivity contribution >= 4 is 11.6 Å². The maximum atomic E-state index is 13.4. The number of hydrogen-bond donors (Lipinski definition) is 1. The van der Waals surface area contributed by atoms with Crippen molar-refractivity contribution in [2.75, 3.05) is 0 Å². The first-order valence-electron chi connectivity index (χ1n) is 5.41. The van der Waals surface area contributed by atoms with Gasteiger partial charge in [-0.15, -0.1) is 0 Å². The van der Waals surface area contributed by atoms with Gasteiger partial charge >= 0.3 is 5.91 Å². The Morgan fingerprint density at radius 3 is 2.74 bits per heavy atom. The van der Waals surface area contributed by atoms with Crippen LogP contribution in [0.2, 0.25) is 0 Å². The molecular weight excluding hydrogens is 254 g/mol. The molecule has 0 fully saturated rings. The fourth-order valence-corrected chi connectivity index (χ4v) is 1.44. The summed E-state index contributed by atoms with van der Waals surface area (Å²) in [5.74, 6) is -1.87. The highest BCUT2D eigenvalue weighted by Gasteiger charge is 2.09. The molecule has 2 rings (SSSR count). The van der Waals surface area contributed by atoms with Crippen LogP contribution in [-0.4, -0.2) is 11.6 Å². The number of nitrogens with one attached hydrogen (secondary N) is 1. The van der Waals surface area contributed by atoms with Gasteiger partial charge in [0.25, 0.3) is 0 Å². The fourth-order valence-electron chi connectivity index (χ4n) is 1.44. The molecule has 0 aliphatic rings. The van der Waals surface area contributed by atoms with E-state index in [1.54, 1.807) is 6.07 Å². The van der Waals surface area contributed by atoms with Gasteiger partial charge in [-0.3, -0.25) is 4.79 Å². The van der Waals surface area contributed by atoms with Crippen LogP contribution in [0.5, 0.6) is 0 Å². The first kappa shape index (κ1) is 12.9. The largest absolute Gasteiger partial charge is 0.459 e. The standard InChI is InChI=1S/C13H10F2N2O2/c1-8(10-5-4-9(14)7-11(10)15)16-17-13(18)12-3-2-6-19-12/h2-7H,1H3,(H,17,18)/b16-8-. The molecule has 1 amide bonds. The van der Waals surface area contributed by atoms with Gasteiger partial charge in [0.1, 0.15) is 11.6 Å². The Morgan fingerprint density at radius 1 is 1.32 bits per heavy atom. The normalized spacial score (nSPS) is 11.4. The average molecular weight is 264 g/mol. The predicted molar refractivity (Wildman–Crippen MR) is 64.7 cm³/mol. The zero-order valence-electron chi connectivity index (χ0n) is 9.98. The number of furan rings is 1. The number of benzene rings is 1. The molecule has 0 spiro atoms. The van der Waals surface area contributed by atoms with Crippen LogP contribution in [-0.2, 0) is 0 Å². The molecule has 1 heterocycles. The number of carbonyl (C=O) groups is 1. The van der Waals surface area contributed by atoms with Gasteiger partial charge in [-0.25, -0.2) is 14.2 Å². The van der Waals surface area contributed by atoms with E-state index in [2.05, 4.69) is 10.5 Å². The third-order valence-corrected chi connectivity index (χ3v) is 2.39. The summed E-state index contributed by atoms with van der Waals surface area (Å²) in [6, 6.07) is 6.15. The number of nitrogens with zero attached hydrogens (tertiary/aromatic N) is 1. The van der Waals surface area contributed by atoms with E-state index in [0.717, 1.165) is 12.1 Å². The van der Waals surface area contributed by atoms with Gasteiger partial charge in [0.15, 0.2) is 5.76 Å². The van der Waals surface area contributed by atoms with Crippen molar-refractivity contribution < 1.29 is 18.0 Å². The van der Waals surface area contributed by atoms with Crippen molar-refractivity contribution in [3.8, 4) is 0 Å². The average Bonchev–Trinajstić information content (AvgIpc) is 2.89. The molecule has 0 aliphatic heterocycles. The molecule has 0 saturated heterocycles. The number of hydrazone groups is 1. The second-order valence-electron chi connectivity index (χ2n) is 3.74. The lowest BCUT2D eigenvalue weighted by Crippen LogP contribution is -2.19. The Hall–Kier alpha value is -2.50. The zero-order valence-corrected chi connectivity index (χ0v) is 9.98. The highest BCUT2D eigenvalue weighted by molar-refractivity contribution is 6.00. The topological polar surface area (TPSA) is 54.6 Å². The Kier molecular flexibility index (Phi) is 3.70. The van der Waals surface area contributed by atoms with Crippen LogP contribution in [0.3, 0.4) is 0 Å². The van der Waals surface area contributed by atoms with Gasteiger partial charge in [0.05, 0.1) is 12.0 Å². The molecule has 0 aliphatic carbocycles. The Bertz CT molecular complexity index is 622. The third kappa shape index (κ3) is 3.04. The second kappa shape index (κ2) is 5.43. The molecule has 19 heavy (non-hydrogen) atoms. The molecule has 2 aromatic rings. The van der Waals surface area contributed by atoms with E-state index in [-0.39, 0.29) is 17.0 Å². The molecule has 1 aromatic heterocycles. The van der Waals surface area contributed by atoms with Crippen LogP contribution in [0.4, 0.5) is 8.78 Å². The summed E-state index contributed by atoms with van der Waals surface area (Å²) in [5, 5.41) is 3.74. The Morgan fingerprint density at radius 2 is 2.11 bits per heavy atom. The monoisotopic (exact) mass is 264 g/mol. The number of hydrogen-bond acceptors (Lipinski definition) is 3. The van der Waals surface area contributed by atoms with Gasteiger partial charge in [-0.05, 0) is 31.2 Å². The summed E-state index contributed by atoms with van der Waals surface area (Å²) in [7, 11) is 0. The summed E-state index contributed by atoms with van der Waals surface area (Å²) in [6.07, 6.45) is 1.35. The zero-order chi connectivity index (χ0) is 13.8. The molecule has 6 heteroatoms. The minimum absolute atomic E-state index is 0.0936. The highest BCUT2D eigenvalue weighted by atomic mass is 19.1. The molecule has 0 bridgehead atoms. The molecule has 1 aromatic carbocycles. The smallest absolute Gasteiger partial charge is 0.307 e. The molecule has 0 radical (unpaired) electrons. The molecule has 98 valence electrons. The van der Waals surface area contributed by atoms with Crippen molar-refractivity contribution in [2.45, 2.75) is 6.92 Å². The summed E-state index contributed by atoms with van der Waals surface area (Å²) >= 11 is 0. The first-order chi connectivity index (χ1) is 9.08. The van der Waals surface area contributed by atoms with Crippen molar-refractivity contribution in [1.82, 2.24) is 5.43 Å². The van der Waals surface area contributed by atoms with Crippen LogP contribution in [0, 0.1) is 11.6 Å². The molecule has 0 unspecified atom stereocenters. The number of halogens is 2. The summed E-state index contributed by atoms with van der Waals surface area (Å²) in [6.45, 7) is 1.50. The van der Waals surface area contributed by atoms with Crippen LogP contribution < -0.4 is 5.43 Å². The van der Waals surface area contributed by atoms with Crippen molar-refractivity contribution in [2.24, 2.45) is 5.10 Å². The van der Waals surface area contributed by atoms with Gasteiger partial charge < -0.3 is 4.42 Å². The van der Waals surface area contributed by atoms with Crippen LogP contribution in [0.25, 0.3) is 0 Å². The SMILES string of the molecule is C/C(=N/NC(=O)c1ccco1)c1ccc(F)cc1F. The first-order valence-corrected chi connectivity index (χ1v) is 5.41. The Labute approximate surface area is 107 Å². The van der Waals surface area contributed by atoms with E-state index in [0.29, 0.717) is 0 Å². The highest BCUT2D eigenvalue weighted by Crippen LogP contribution is 2.10. The van der Waals surface area contributed by atoms with Crippen molar-refractivity contribution in [1.29, 1.82) is 0 Å². The third-order valence-electron chi connectivity index (χ3n) is 2.39. The van der Waals surface area contributed by atoms with Gasteiger partial charge in [-0.1, -0.05) is 0 Å². The lowest BCUT2D eigenvalue weighted by Gasteiger charge is -2.03. The maximum absolute atomic E-state index is 13.4. The predicted octanol–water partition coefficient (Wildman–Crippen LogP) is 2.71. The summed E-state index contributed by atoms with van der Waals surface area (Å²) in [5.41, 5.74) is 2.55. The van der Waals surface area contributed by atoms with Crippen LogP contribution >= 0.6 is 0 Å². The summed E-state index contributed by atoms with van der Waals surface area (Å²) in [4.78, 5) is 11.5. The maximum Gasteiger partial charge on any atom is 0.307 e. The van der Waals surface area contributed by atoms with E-state index in [4.69, 9.17) is 4.42 Å². The molecule has 4 nitrogen and oxygen atoms in total. The van der Waals surface area contributed by atoms with Gasteiger partial charge in [0, 0.05) is 11.6 Å². The van der Waals surface area contributed by atoms with Crippen LogP contribution in [0.15, 0.2) is 46.1 Å². The van der Waals surface area contributed by atoms with Crippen molar-refractivity contribution in [3.63, 3.8) is 0 Å². The van der Waals surface area contributed by atoms with Crippen molar-refractivity contribution in [3.05, 3.63) is 59.6 Å². The molecule has 0 saturated carbocycles. The number of rotatable bonds is 3. The number of carbonyl (C=O) groups excluding carboxylic acids is 1. The van der Waals surface area contributed by atoms with Crippen LogP contribution in [0.1, 0.15) is 23.0 Å². The van der Waals surface area contributed by atoms with E-state index in [9.17, 15) is 13.6 Å². The number of amides is 1. The van der Waals surface area contributed by atoms with E-state index in [1.807, 2.05) is 0 Å². The van der Waals surface area contributed by atoms with E-state index in [1.165, 1.54) is 25.3 Å². The lowest BCUT2D eigenvalue weighted by atomic mass is 10.1. The molecule has 0 atom stereocenters. The minimum atomic E-state index is -0.742. The summed E-state index contributed by atoms with van der Waals surface area (Å²) < 4.78 is 31.1. The van der Waals surface area contributed by atoms with Gasteiger partial charge in [0.2, 0.25) is 0 Å². The minimum Gasteiger partial charge on any atom is -0.459 e. The second-order valence-corrected chi connectivity index (χ2v) is 3.74. The molecule has 1 N–H and O–H groups in total. The lowest BCUT2D eigenvalue weighted by molar-refractivity contribution is 0.0927. The Balaban J connectivity index is 2.13. The van der Waals surface area contributed by atoms with E-state index < -0.39 is 17.5 Å². The van der Waals surface area contributed by atoms with Gasteiger partial charge in [-0.2, -0.15) is 5.10 Å². The fraction of sp³-hybridized carbons (Fsp3) is 0.0769.